The fourth-order valence-corrected chi connectivity index (χ4v) is 3.65. The highest BCUT2D eigenvalue weighted by Crippen LogP contribution is 2.55. The molecule has 2 saturated carbocycles. The van der Waals surface area contributed by atoms with Crippen molar-refractivity contribution in [3.63, 3.8) is 0 Å². The van der Waals surface area contributed by atoms with Crippen LogP contribution >= 0.6 is 0 Å². The number of likely N-dealkylation sites (N-methyl/N-ethyl adjacent to an activating group) is 1. The van der Waals surface area contributed by atoms with Crippen molar-refractivity contribution in [1.82, 2.24) is 5.32 Å². The first-order chi connectivity index (χ1) is 8.80. The van der Waals surface area contributed by atoms with E-state index in [4.69, 9.17) is 4.74 Å². The van der Waals surface area contributed by atoms with Crippen molar-refractivity contribution < 1.29 is 4.74 Å². The Morgan fingerprint density at radius 2 is 2.06 bits per heavy atom. The van der Waals surface area contributed by atoms with Crippen LogP contribution in [-0.2, 0) is 6.42 Å². The average Bonchev–Trinajstić information content (AvgIpc) is 3.03. The lowest BCUT2D eigenvalue weighted by molar-refractivity contribution is 0.348. The van der Waals surface area contributed by atoms with Gasteiger partial charge in [-0.25, -0.2) is 0 Å². The smallest absolute Gasteiger partial charge is 0.119 e. The van der Waals surface area contributed by atoms with Crippen LogP contribution < -0.4 is 10.1 Å². The predicted molar refractivity (Wildman–Crippen MR) is 73.9 cm³/mol. The number of methoxy groups -OCH3 is 1. The van der Waals surface area contributed by atoms with Gasteiger partial charge in [0.05, 0.1) is 7.11 Å². The molecule has 0 saturated heterocycles. The molecule has 0 bridgehead atoms. The molecule has 3 atom stereocenters. The van der Waals surface area contributed by atoms with Gasteiger partial charge in [0.25, 0.3) is 0 Å². The van der Waals surface area contributed by atoms with E-state index in [1.54, 1.807) is 7.11 Å². The van der Waals surface area contributed by atoms with E-state index < -0.39 is 0 Å². The van der Waals surface area contributed by atoms with E-state index in [9.17, 15) is 0 Å². The van der Waals surface area contributed by atoms with Gasteiger partial charge in [-0.2, -0.15) is 0 Å². The van der Waals surface area contributed by atoms with Crippen LogP contribution in [0.2, 0.25) is 0 Å². The second-order valence-electron chi connectivity index (χ2n) is 5.94. The Labute approximate surface area is 110 Å². The van der Waals surface area contributed by atoms with E-state index in [2.05, 4.69) is 30.6 Å². The minimum absolute atomic E-state index is 0.630. The first kappa shape index (κ1) is 12.0. The number of fused-ring (bicyclic) bond motifs is 1. The van der Waals surface area contributed by atoms with Crippen LogP contribution in [0.1, 0.15) is 24.8 Å². The molecule has 98 valence electrons. The zero-order valence-electron chi connectivity index (χ0n) is 11.4. The van der Waals surface area contributed by atoms with Crippen molar-refractivity contribution in [1.29, 1.82) is 0 Å². The third-order valence-electron chi connectivity index (χ3n) is 4.81. The Kier molecular flexibility index (Phi) is 3.29. The standard InChI is InChI=1S/C16H23NO/c1-17-16(14-9-12-8-13(12)10-14)7-11-4-3-5-15(6-11)18-2/h3-6,12-14,16-17H,7-10H2,1-2H3. The van der Waals surface area contributed by atoms with Crippen LogP contribution in [-0.4, -0.2) is 20.2 Å². The molecule has 2 aliphatic carbocycles. The number of hydrogen-bond acceptors (Lipinski definition) is 2. The third-order valence-corrected chi connectivity index (χ3v) is 4.81. The molecule has 0 radical (unpaired) electrons. The van der Waals surface area contributed by atoms with Crippen molar-refractivity contribution in [2.75, 3.05) is 14.2 Å². The highest BCUT2D eigenvalue weighted by Gasteiger charge is 2.47. The maximum absolute atomic E-state index is 5.30. The first-order valence-corrected chi connectivity index (χ1v) is 7.10. The molecule has 1 aromatic carbocycles. The van der Waals surface area contributed by atoms with E-state index in [-0.39, 0.29) is 0 Å². The van der Waals surface area contributed by atoms with Gasteiger partial charge < -0.3 is 10.1 Å². The maximum Gasteiger partial charge on any atom is 0.119 e. The molecule has 0 heterocycles. The molecule has 2 heteroatoms. The maximum atomic E-state index is 5.30. The molecule has 2 fully saturated rings. The average molecular weight is 245 g/mol. The Morgan fingerprint density at radius 1 is 1.28 bits per heavy atom. The zero-order valence-corrected chi connectivity index (χ0v) is 11.4. The lowest BCUT2D eigenvalue weighted by Gasteiger charge is -2.24. The molecule has 1 N–H and O–H groups in total. The van der Waals surface area contributed by atoms with Crippen molar-refractivity contribution in [2.45, 2.75) is 31.7 Å². The number of nitrogens with one attached hydrogen (secondary N) is 1. The van der Waals surface area contributed by atoms with Crippen LogP contribution in [0.4, 0.5) is 0 Å². The SMILES string of the molecule is CNC(Cc1cccc(OC)c1)C1CC2CC2C1. The van der Waals surface area contributed by atoms with Gasteiger partial charge in [-0.15, -0.1) is 0 Å². The van der Waals surface area contributed by atoms with Crippen molar-refractivity contribution in [3.05, 3.63) is 29.8 Å². The molecule has 2 nitrogen and oxygen atoms in total. The van der Waals surface area contributed by atoms with Crippen LogP contribution in [0.3, 0.4) is 0 Å². The summed E-state index contributed by atoms with van der Waals surface area (Å²) >= 11 is 0. The molecule has 0 amide bonds. The summed E-state index contributed by atoms with van der Waals surface area (Å²) in [5.74, 6) is 3.98. The monoisotopic (exact) mass is 245 g/mol. The summed E-state index contributed by atoms with van der Waals surface area (Å²) in [6.45, 7) is 0. The summed E-state index contributed by atoms with van der Waals surface area (Å²) in [6.07, 6.45) is 5.52. The summed E-state index contributed by atoms with van der Waals surface area (Å²) in [6, 6.07) is 9.11. The van der Waals surface area contributed by atoms with Gasteiger partial charge in [-0.05, 0) is 68.2 Å². The molecular formula is C16H23NO. The van der Waals surface area contributed by atoms with E-state index >= 15 is 0 Å². The summed E-state index contributed by atoms with van der Waals surface area (Å²) in [5, 5.41) is 3.53. The molecule has 18 heavy (non-hydrogen) atoms. The molecule has 3 unspecified atom stereocenters. The molecule has 3 rings (SSSR count). The molecular weight excluding hydrogens is 222 g/mol. The van der Waals surface area contributed by atoms with E-state index in [0.29, 0.717) is 6.04 Å². The van der Waals surface area contributed by atoms with Crippen molar-refractivity contribution >= 4 is 0 Å². The molecule has 2 aliphatic rings. The van der Waals surface area contributed by atoms with Gasteiger partial charge in [-0.1, -0.05) is 12.1 Å². The van der Waals surface area contributed by atoms with Gasteiger partial charge >= 0.3 is 0 Å². The first-order valence-electron chi connectivity index (χ1n) is 7.10. The minimum atomic E-state index is 0.630. The summed E-state index contributed by atoms with van der Waals surface area (Å²) in [5.41, 5.74) is 1.38. The lowest BCUT2D eigenvalue weighted by Crippen LogP contribution is -2.35. The minimum Gasteiger partial charge on any atom is -0.497 e. The Bertz CT molecular complexity index is 407. The van der Waals surface area contributed by atoms with E-state index in [1.165, 1.54) is 24.8 Å². The lowest BCUT2D eigenvalue weighted by atomic mass is 9.90. The summed E-state index contributed by atoms with van der Waals surface area (Å²) < 4.78 is 5.30. The third kappa shape index (κ3) is 2.39. The quantitative estimate of drug-likeness (QED) is 0.861. The number of rotatable bonds is 5. The van der Waals surface area contributed by atoms with Gasteiger partial charge in [0.1, 0.15) is 5.75 Å². The zero-order chi connectivity index (χ0) is 12.5. The number of hydrogen-bond donors (Lipinski definition) is 1. The van der Waals surface area contributed by atoms with Crippen LogP contribution in [0.5, 0.6) is 5.75 Å². The normalized spacial score (nSPS) is 30.9. The van der Waals surface area contributed by atoms with Crippen molar-refractivity contribution in [3.8, 4) is 5.75 Å². The fourth-order valence-electron chi connectivity index (χ4n) is 3.65. The van der Waals surface area contributed by atoms with Crippen LogP contribution in [0, 0.1) is 17.8 Å². The predicted octanol–water partition coefficient (Wildman–Crippen LogP) is 2.87. The molecule has 0 spiro atoms. The second-order valence-corrected chi connectivity index (χ2v) is 5.94. The highest BCUT2D eigenvalue weighted by molar-refractivity contribution is 5.29. The van der Waals surface area contributed by atoms with E-state index in [0.717, 1.165) is 29.9 Å². The molecule has 0 aliphatic heterocycles. The Hall–Kier alpha value is -1.02. The van der Waals surface area contributed by atoms with Crippen LogP contribution in [0.25, 0.3) is 0 Å². The van der Waals surface area contributed by atoms with E-state index in [1.807, 2.05) is 6.07 Å². The molecule has 0 aromatic heterocycles. The van der Waals surface area contributed by atoms with Crippen LogP contribution in [0.15, 0.2) is 24.3 Å². The second kappa shape index (κ2) is 4.93. The van der Waals surface area contributed by atoms with Gasteiger partial charge in [0, 0.05) is 6.04 Å². The largest absolute Gasteiger partial charge is 0.497 e. The topological polar surface area (TPSA) is 21.3 Å². The highest BCUT2D eigenvalue weighted by atomic mass is 16.5. The fraction of sp³-hybridized carbons (Fsp3) is 0.625. The van der Waals surface area contributed by atoms with Crippen molar-refractivity contribution in [2.24, 2.45) is 17.8 Å². The summed E-state index contributed by atoms with van der Waals surface area (Å²) in [7, 11) is 3.84. The summed E-state index contributed by atoms with van der Waals surface area (Å²) in [4.78, 5) is 0. The van der Waals surface area contributed by atoms with Gasteiger partial charge in [0.15, 0.2) is 0 Å². The number of benzene rings is 1. The Morgan fingerprint density at radius 3 is 2.72 bits per heavy atom. The van der Waals surface area contributed by atoms with Gasteiger partial charge in [0.2, 0.25) is 0 Å². The van der Waals surface area contributed by atoms with Gasteiger partial charge in [-0.3, -0.25) is 0 Å². The molecule has 1 aromatic rings. The number of ether oxygens (including phenoxy) is 1. The Balaban J connectivity index is 1.65.